The second-order valence-electron chi connectivity index (χ2n) is 8.09. The van der Waals surface area contributed by atoms with E-state index in [1.165, 1.54) is 11.1 Å². The summed E-state index contributed by atoms with van der Waals surface area (Å²) in [6, 6.07) is 37.6. The molecule has 0 aliphatic carbocycles. The van der Waals surface area contributed by atoms with Gasteiger partial charge in [0, 0.05) is 22.3 Å². The maximum absolute atomic E-state index is 5.29. The summed E-state index contributed by atoms with van der Waals surface area (Å²) in [5.74, 6) is 0. The number of benzene rings is 4. The molecule has 0 unspecified atom stereocenters. The van der Waals surface area contributed by atoms with Crippen LogP contribution in [0.5, 0.6) is 0 Å². The molecular formula is C30H24N2. The molecule has 1 heterocycles. The second-order valence-corrected chi connectivity index (χ2v) is 8.09. The van der Waals surface area contributed by atoms with Gasteiger partial charge in [-0.25, -0.2) is 9.97 Å². The standard InChI is InChI=1S/C30H24N2/c1-21-11-9-17-25(19-21)29-27(23-13-5-3-6-14-23)31-28(24-15-7-4-8-16-24)30(32-29)26-18-10-12-22(2)20-26/h3-20H,1-2H3. The maximum atomic E-state index is 5.29. The molecule has 32 heavy (non-hydrogen) atoms. The van der Waals surface area contributed by atoms with Gasteiger partial charge in [-0.15, -0.1) is 0 Å². The molecule has 0 aliphatic heterocycles. The molecule has 0 aliphatic rings. The van der Waals surface area contributed by atoms with Gasteiger partial charge in [0.15, 0.2) is 0 Å². The van der Waals surface area contributed by atoms with Crippen LogP contribution in [-0.4, -0.2) is 9.97 Å². The van der Waals surface area contributed by atoms with Crippen molar-refractivity contribution in [3.63, 3.8) is 0 Å². The van der Waals surface area contributed by atoms with Gasteiger partial charge in [0.05, 0.1) is 22.8 Å². The summed E-state index contributed by atoms with van der Waals surface area (Å²) in [5, 5.41) is 0. The molecule has 0 amide bonds. The summed E-state index contributed by atoms with van der Waals surface area (Å²) in [6.07, 6.45) is 0. The Morgan fingerprint density at radius 3 is 1.09 bits per heavy atom. The van der Waals surface area contributed by atoms with E-state index in [4.69, 9.17) is 9.97 Å². The van der Waals surface area contributed by atoms with Crippen LogP contribution in [0.4, 0.5) is 0 Å². The Labute approximate surface area is 189 Å². The second kappa shape index (κ2) is 8.60. The van der Waals surface area contributed by atoms with Crippen LogP contribution in [0.3, 0.4) is 0 Å². The van der Waals surface area contributed by atoms with Gasteiger partial charge in [-0.2, -0.15) is 0 Å². The Hall–Kier alpha value is -4.04. The van der Waals surface area contributed by atoms with Crippen LogP contribution in [-0.2, 0) is 0 Å². The average Bonchev–Trinajstić information content (AvgIpc) is 2.84. The molecule has 0 spiro atoms. The van der Waals surface area contributed by atoms with Crippen molar-refractivity contribution in [2.75, 3.05) is 0 Å². The summed E-state index contributed by atoms with van der Waals surface area (Å²) >= 11 is 0. The van der Waals surface area contributed by atoms with Crippen LogP contribution in [0.25, 0.3) is 45.0 Å². The smallest absolute Gasteiger partial charge is 0.0973 e. The molecule has 0 bridgehead atoms. The van der Waals surface area contributed by atoms with Gasteiger partial charge in [-0.3, -0.25) is 0 Å². The monoisotopic (exact) mass is 412 g/mol. The van der Waals surface area contributed by atoms with Gasteiger partial charge < -0.3 is 0 Å². The van der Waals surface area contributed by atoms with Crippen LogP contribution in [0.2, 0.25) is 0 Å². The van der Waals surface area contributed by atoms with E-state index in [-0.39, 0.29) is 0 Å². The zero-order valence-corrected chi connectivity index (χ0v) is 18.3. The van der Waals surface area contributed by atoms with Crippen LogP contribution in [0, 0.1) is 13.8 Å². The molecule has 0 saturated carbocycles. The Morgan fingerprint density at radius 2 is 0.719 bits per heavy atom. The van der Waals surface area contributed by atoms with Crippen molar-refractivity contribution in [2.24, 2.45) is 0 Å². The zero-order valence-electron chi connectivity index (χ0n) is 18.3. The molecule has 5 aromatic rings. The topological polar surface area (TPSA) is 25.8 Å². The van der Waals surface area contributed by atoms with Crippen molar-refractivity contribution in [2.45, 2.75) is 13.8 Å². The number of nitrogens with zero attached hydrogens (tertiary/aromatic N) is 2. The maximum Gasteiger partial charge on any atom is 0.0973 e. The first-order valence-electron chi connectivity index (χ1n) is 10.9. The minimum atomic E-state index is 0.895. The van der Waals surface area contributed by atoms with Crippen LogP contribution >= 0.6 is 0 Å². The lowest BCUT2D eigenvalue weighted by molar-refractivity contribution is 1.21. The predicted octanol–water partition coefficient (Wildman–Crippen LogP) is 7.76. The van der Waals surface area contributed by atoms with E-state index < -0.39 is 0 Å². The van der Waals surface area contributed by atoms with Crippen molar-refractivity contribution in [1.29, 1.82) is 0 Å². The number of hydrogen-bond donors (Lipinski definition) is 0. The SMILES string of the molecule is Cc1cccc(-c2nc(-c3cccc(C)c3)c(-c3ccccc3)nc2-c2ccccc2)c1. The summed E-state index contributed by atoms with van der Waals surface area (Å²) in [7, 11) is 0. The molecule has 5 rings (SSSR count). The molecule has 154 valence electrons. The van der Waals surface area contributed by atoms with E-state index >= 15 is 0 Å². The molecule has 0 radical (unpaired) electrons. The molecule has 0 fully saturated rings. The number of rotatable bonds is 4. The molecule has 2 nitrogen and oxygen atoms in total. The van der Waals surface area contributed by atoms with E-state index in [9.17, 15) is 0 Å². The zero-order chi connectivity index (χ0) is 21.9. The molecular weight excluding hydrogens is 388 g/mol. The third-order valence-electron chi connectivity index (χ3n) is 5.57. The Kier molecular flexibility index (Phi) is 5.35. The van der Waals surface area contributed by atoms with Gasteiger partial charge in [0.25, 0.3) is 0 Å². The minimum absolute atomic E-state index is 0.895. The summed E-state index contributed by atoms with van der Waals surface area (Å²) < 4.78 is 0. The van der Waals surface area contributed by atoms with Gasteiger partial charge in [-0.05, 0) is 26.0 Å². The van der Waals surface area contributed by atoms with E-state index in [0.717, 1.165) is 45.0 Å². The van der Waals surface area contributed by atoms with Crippen molar-refractivity contribution in [1.82, 2.24) is 9.97 Å². The van der Waals surface area contributed by atoms with Gasteiger partial charge in [0.2, 0.25) is 0 Å². The largest absolute Gasteiger partial charge is 0.243 e. The van der Waals surface area contributed by atoms with Crippen LogP contribution in [0.1, 0.15) is 11.1 Å². The lowest BCUT2D eigenvalue weighted by Crippen LogP contribution is -2.01. The highest BCUT2D eigenvalue weighted by Crippen LogP contribution is 2.37. The lowest BCUT2D eigenvalue weighted by Gasteiger charge is -2.16. The normalized spacial score (nSPS) is 10.8. The Morgan fingerprint density at radius 1 is 0.375 bits per heavy atom. The molecule has 2 heteroatoms. The lowest BCUT2D eigenvalue weighted by atomic mass is 9.98. The van der Waals surface area contributed by atoms with Crippen molar-refractivity contribution >= 4 is 0 Å². The fourth-order valence-corrected chi connectivity index (χ4v) is 4.02. The fraction of sp³-hybridized carbons (Fsp3) is 0.0667. The number of hydrogen-bond acceptors (Lipinski definition) is 2. The van der Waals surface area contributed by atoms with Gasteiger partial charge in [-0.1, -0.05) is 108 Å². The molecule has 0 N–H and O–H groups in total. The first-order valence-corrected chi connectivity index (χ1v) is 10.9. The first kappa shape index (κ1) is 19.9. The van der Waals surface area contributed by atoms with E-state index in [0.29, 0.717) is 0 Å². The van der Waals surface area contributed by atoms with Gasteiger partial charge >= 0.3 is 0 Å². The Balaban J connectivity index is 1.86. The average molecular weight is 413 g/mol. The third-order valence-corrected chi connectivity index (χ3v) is 5.57. The molecule has 4 aromatic carbocycles. The highest BCUT2D eigenvalue weighted by Gasteiger charge is 2.19. The van der Waals surface area contributed by atoms with Gasteiger partial charge in [0.1, 0.15) is 0 Å². The first-order chi connectivity index (χ1) is 15.7. The summed E-state index contributed by atoms with van der Waals surface area (Å²) in [6.45, 7) is 4.22. The predicted molar refractivity (Wildman–Crippen MR) is 133 cm³/mol. The van der Waals surface area contributed by atoms with Crippen LogP contribution in [0.15, 0.2) is 109 Å². The van der Waals surface area contributed by atoms with Crippen molar-refractivity contribution in [3.05, 3.63) is 120 Å². The van der Waals surface area contributed by atoms with Crippen molar-refractivity contribution < 1.29 is 0 Å². The quantitative estimate of drug-likeness (QED) is 0.301. The molecule has 1 aromatic heterocycles. The molecule has 0 atom stereocenters. The van der Waals surface area contributed by atoms with Crippen molar-refractivity contribution in [3.8, 4) is 45.0 Å². The highest BCUT2D eigenvalue weighted by molar-refractivity contribution is 5.86. The number of aryl methyl sites for hydroxylation is 2. The van der Waals surface area contributed by atoms with E-state index in [2.05, 4.69) is 86.6 Å². The summed E-state index contributed by atoms with van der Waals surface area (Å²) in [4.78, 5) is 10.5. The molecule has 0 saturated heterocycles. The minimum Gasteiger partial charge on any atom is -0.243 e. The third kappa shape index (κ3) is 3.95. The Bertz CT molecular complexity index is 1270. The fourth-order valence-electron chi connectivity index (χ4n) is 4.02. The van der Waals surface area contributed by atoms with E-state index in [1.54, 1.807) is 0 Å². The van der Waals surface area contributed by atoms with Crippen LogP contribution < -0.4 is 0 Å². The van der Waals surface area contributed by atoms with E-state index in [1.807, 2.05) is 36.4 Å². The number of aromatic nitrogens is 2. The summed E-state index contributed by atoms with van der Waals surface area (Å²) in [5.41, 5.74) is 10.3. The highest BCUT2D eigenvalue weighted by atomic mass is 14.9.